The van der Waals surface area contributed by atoms with Gasteiger partial charge in [0.05, 0.1) is 12.4 Å². The van der Waals surface area contributed by atoms with Crippen molar-refractivity contribution in [2.45, 2.75) is 45.8 Å². The zero-order valence-electron chi connectivity index (χ0n) is 8.95. The Morgan fingerprint density at radius 1 is 1.38 bits per heavy atom. The van der Waals surface area contributed by atoms with Crippen molar-refractivity contribution >= 4 is 0 Å². The maximum absolute atomic E-state index is 9.31. The predicted octanol–water partition coefficient (Wildman–Crippen LogP) is 2.64. The molecule has 0 bridgehead atoms. The third kappa shape index (κ3) is 5.47. The van der Waals surface area contributed by atoms with Gasteiger partial charge in [-0.05, 0) is 33.3 Å². The summed E-state index contributed by atoms with van der Waals surface area (Å²) in [6.07, 6.45) is 7.94. The van der Waals surface area contributed by atoms with E-state index in [4.69, 9.17) is 4.74 Å². The molecule has 0 aromatic rings. The van der Waals surface area contributed by atoms with Crippen LogP contribution in [0.2, 0.25) is 0 Å². The van der Waals surface area contributed by atoms with Gasteiger partial charge >= 0.3 is 0 Å². The van der Waals surface area contributed by atoms with E-state index < -0.39 is 11.7 Å². The molecule has 0 saturated heterocycles. The van der Waals surface area contributed by atoms with Crippen molar-refractivity contribution in [3.63, 3.8) is 0 Å². The molecule has 76 valence electrons. The lowest BCUT2D eigenvalue weighted by molar-refractivity contribution is -0.0477. The van der Waals surface area contributed by atoms with Crippen molar-refractivity contribution in [1.82, 2.24) is 0 Å². The van der Waals surface area contributed by atoms with Gasteiger partial charge in [-0.15, -0.1) is 0 Å². The first kappa shape index (κ1) is 12.2. The van der Waals surface area contributed by atoms with Gasteiger partial charge in [0.2, 0.25) is 0 Å². The van der Waals surface area contributed by atoms with E-state index in [9.17, 15) is 5.11 Å². The summed E-state index contributed by atoms with van der Waals surface area (Å²) in [7, 11) is 0. The maximum atomic E-state index is 9.31. The molecule has 0 amide bonds. The van der Waals surface area contributed by atoms with Crippen LogP contribution in [0, 0.1) is 0 Å². The molecule has 0 aliphatic rings. The maximum Gasteiger partial charge on any atom is 0.128 e. The van der Waals surface area contributed by atoms with Gasteiger partial charge in [0.15, 0.2) is 0 Å². The second-order valence-electron chi connectivity index (χ2n) is 3.56. The molecule has 0 spiro atoms. The number of hydrogen-bond donors (Lipinski definition) is 1. The van der Waals surface area contributed by atoms with Gasteiger partial charge in [-0.25, -0.2) is 0 Å². The molecular formula is C11H20O2. The molecule has 0 rings (SSSR count). The van der Waals surface area contributed by atoms with Crippen LogP contribution in [0.4, 0.5) is 0 Å². The van der Waals surface area contributed by atoms with E-state index >= 15 is 0 Å². The average Bonchev–Trinajstić information content (AvgIpc) is 2.03. The molecule has 1 N–H and O–H groups in total. The Morgan fingerprint density at radius 3 is 2.46 bits per heavy atom. The number of rotatable bonds is 5. The SMILES string of the molecule is CC/C=C\C=C/OC(C)(C)C(C)O. The molecule has 0 saturated carbocycles. The van der Waals surface area contributed by atoms with E-state index in [2.05, 4.69) is 6.92 Å². The van der Waals surface area contributed by atoms with Gasteiger partial charge < -0.3 is 9.84 Å². The highest BCUT2D eigenvalue weighted by molar-refractivity contribution is 4.99. The first-order valence-electron chi connectivity index (χ1n) is 4.68. The number of aliphatic hydroxyl groups is 1. The Labute approximate surface area is 80.9 Å². The molecule has 1 atom stereocenters. The van der Waals surface area contributed by atoms with Crippen LogP contribution in [0.1, 0.15) is 34.1 Å². The summed E-state index contributed by atoms with van der Waals surface area (Å²) in [6, 6.07) is 0. The van der Waals surface area contributed by atoms with E-state index in [0.29, 0.717) is 0 Å². The molecular weight excluding hydrogens is 164 g/mol. The summed E-state index contributed by atoms with van der Waals surface area (Å²) in [5.41, 5.74) is -0.517. The third-order valence-corrected chi connectivity index (χ3v) is 1.94. The normalized spacial score (nSPS) is 15.5. The van der Waals surface area contributed by atoms with Crippen LogP contribution in [-0.2, 0) is 4.74 Å². The fraction of sp³-hybridized carbons (Fsp3) is 0.636. The molecule has 0 aromatic heterocycles. The Kier molecular flexibility index (Phi) is 5.47. The summed E-state index contributed by atoms with van der Waals surface area (Å²) in [4.78, 5) is 0. The minimum Gasteiger partial charge on any atom is -0.493 e. The van der Waals surface area contributed by atoms with Gasteiger partial charge in [0.25, 0.3) is 0 Å². The van der Waals surface area contributed by atoms with Crippen molar-refractivity contribution in [3.8, 4) is 0 Å². The Hall–Kier alpha value is -0.760. The van der Waals surface area contributed by atoms with Gasteiger partial charge in [-0.2, -0.15) is 0 Å². The molecule has 2 nitrogen and oxygen atoms in total. The lowest BCUT2D eigenvalue weighted by Crippen LogP contribution is -2.35. The number of aliphatic hydroxyl groups excluding tert-OH is 1. The summed E-state index contributed by atoms with van der Waals surface area (Å²) >= 11 is 0. The molecule has 0 aliphatic heterocycles. The van der Waals surface area contributed by atoms with Crippen LogP contribution in [-0.4, -0.2) is 16.8 Å². The van der Waals surface area contributed by atoms with E-state index in [-0.39, 0.29) is 0 Å². The molecule has 13 heavy (non-hydrogen) atoms. The molecule has 0 aromatic carbocycles. The summed E-state index contributed by atoms with van der Waals surface area (Å²) in [6.45, 7) is 7.50. The molecule has 0 aliphatic carbocycles. The minimum atomic E-state index is -0.517. The second kappa shape index (κ2) is 5.81. The first-order valence-corrected chi connectivity index (χ1v) is 4.68. The van der Waals surface area contributed by atoms with Gasteiger partial charge in [0, 0.05) is 0 Å². The Balaban J connectivity index is 3.87. The molecule has 2 heteroatoms. The zero-order valence-corrected chi connectivity index (χ0v) is 8.95. The van der Waals surface area contributed by atoms with Crippen LogP contribution in [0.5, 0.6) is 0 Å². The van der Waals surface area contributed by atoms with E-state index in [1.807, 2.05) is 32.1 Å². The van der Waals surface area contributed by atoms with Gasteiger partial charge in [-0.1, -0.05) is 19.1 Å². The van der Waals surface area contributed by atoms with Crippen molar-refractivity contribution in [3.05, 3.63) is 24.5 Å². The predicted molar refractivity (Wildman–Crippen MR) is 55.4 cm³/mol. The van der Waals surface area contributed by atoms with Crippen molar-refractivity contribution in [2.75, 3.05) is 0 Å². The minimum absolute atomic E-state index is 0.479. The fourth-order valence-electron chi connectivity index (χ4n) is 0.573. The Morgan fingerprint density at radius 2 is 2.00 bits per heavy atom. The smallest absolute Gasteiger partial charge is 0.128 e. The summed E-state index contributed by atoms with van der Waals surface area (Å²) in [5.74, 6) is 0. The van der Waals surface area contributed by atoms with Crippen LogP contribution < -0.4 is 0 Å². The number of ether oxygens (including phenoxy) is 1. The van der Waals surface area contributed by atoms with Crippen molar-refractivity contribution < 1.29 is 9.84 Å². The van der Waals surface area contributed by atoms with Crippen LogP contribution >= 0.6 is 0 Å². The van der Waals surface area contributed by atoms with Crippen LogP contribution in [0.15, 0.2) is 24.5 Å². The second-order valence-corrected chi connectivity index (χ2v) is 3.56. The zero-order chi connectivity index (χ0) is 10.3. The third-order valence-electron chi connectivity index (χ3n) is 1.94. The highest BCUT2D eigenvalue weighted by atomic mass is 16.5. The number of hydrogen-bond acceptors (Lipinski definition) is 2. The van der Waals surface area contributed by atoms with E-state index in [0.717, 1.165) is 6.42 Å². The van der Waals surface area contributed by atoms with Crippen molar-refractivity contribution in [2.24, 2.45) is 0 Å². The first-order chi connectivity index (χ1) is 6.00. The number of allylic oxidation sites excluding steroid dienone is 3. The molecule has 0 heterocycles. The monoisotopic (exact) mass is 184 g/mol. The lowest BCUT2D eigenvalue weighted by Gasteiger charge is -2.27. The topological polar surface area (TPSA) is 29.5 Å². The van der Waals surface area contributed by atoms with E-state index in [1.165, 1.54) is 0 Å². The van der Waals surface area contributed by atoms with Crippen molar-refractivity contribution in [1.29, 1.82) is 0 Å². The van der Waals surface area contributed by atoms with Crippen LogP contribution in [0.3, 0.4) is 0 Å². The fourth-order valence-corrected chi connectivity index (χ4v) is 0.573. The quantitative estimate of drug-likeness (QED) is 0.525. The molecule has 0 fully saturated rings. The highest BCUT2D eigenvalue weighted by Crippen LogP contribution is 2.14. The highest BCUT2D eigenvalue weighted by Gasteiger charge is 2.24. The lowest BCUT2D eigenvalue weighted by atomic mass is 10.0. The Bertz CT molecular complexity index is 179. The summed E-state index contributed by atoms with van der Waals surface area (Å²) in [5, 5.41) is 9.31. The largest absolute Gasteiger partial charge is 0.493 e. The molecule has 0 radical (unpaired) electrons. The van der Waals surface area contributed by atoms with E-state index in [1.54, 1.807) is 13.2 Å². The average molecular weight is 184 g/mol. The van der Waals surface area contributed by atoms with Crippen LogP contribution in [0.25, 0.3) is 0 Å². The summed E-state index contributed by atoms with van der Waals surface area (Å²) < 4.78 is 5.36. The van der Waals surface area contributed by atoms with Gasteiger partial charge in [-0.3, -0.25) is 0 Å². The standard InChI is InChI=1S/C11H20O2/c1-5-6-7-8-9-13-11(3,4)10(2)12/h6-10,12H,5H2,1-4H3/b7-6-,9-8-. The van der Waals surface area contributed by atoms with Gasteiger partial charge in [0.1, 0.15) is 5.60 Å². The molecule has 1 unspecified atom stereocenters.